The van der Waals surface area contributed by atoms with Gasteiger partial charge in [-0.25, -0.2) is 4.79 Å². The average molecular weight is 501 g/mol. The molecule has 1 fully saturated rings. The molecular weight excluding hydrogens is 472 g/mol. The van der Waals surface area contributed by atoms with Crippen LogP contribution < -0.4 is 9.64 Å². The molecule has 8 nitrogen and oxygen atoms in total. The predicted octanol–water partition coefficient (Wildman–Crippen LogP) is 5.06. The standard InChI is InChI=1S/C29H28N2O6/c1-3-15-36-22-12-8-9-19(18-22)26(32)24-25(23-13-5-6-14-30-23)31(28(34)27(24)33)21-11-7-10-20(17-21)29(35)37-16-4-2/h5-14,17-18,25,32H,3-4,15-16H2,1-2H3/b26-24+. The largest absolute Gasteiger partial charge is 0.507 e. The summed E-state index contributed by atoms with van der Waals surface area (Å²) in [5.74, 6) is -2.02. The Morgan fingerprint density at radius 2 is 1.70 bits per heavy atom. The van der Waals surface area contributed by atoms with Gasteiger partial charge in [0, 0.05) is 17.4 Å². The summed E-state index contributed by atoms with van der Waals surface area (Å²) in [6.45, 7) is 4.64. The number of hydrogen-bond donors (Lipinski definition) is 1. The molecule has 1 aliphatic heterocycles. The van der Waals surface area contributed by atoms with Crippen molar-refractivity contribution in [3.63, 3.8) is 0 Å². The van der Waals surface area contributed by atoms with Crippen molar-refractivity contribution in [2.24, 2.45) is 0 Å². The topological polar surface area (TPSA) is 106 Å². The molecule has 1 unspecified atom stereocenters. The number of anilines is 1. The molecule has 0 aliphatic carbocycles. The summed E-state index contributed by atoms with van der Waals surface area (Å²) >= 11 is 0. The van der Waals surface area contributed by atoms with Crippen LogP contribution in [0, 0.1) is 0 Å². The maximum absolute atomic E-state index is 13.4. The number of nitrogens with zero attached hydrogens (tertiary/aromatic N) is 2. The fourth-order valence-corrected chi connectivity index (χ4v) is 4.09. The summed E-state index contributed by atoms with van der Waals surface area (Å²) in [7, 11) is 0. The number of aliphatic hydroxyl groups is 1. The van der Waals surface area contributed by atoms with Gasteiger partial charge >= 0.3 is 5.97 Å². The highest BCUT2D eigenvalue weighted by Gasteiger charge is 2.47. The number of amides is 1. The highest BCUT2D eigenvalue weighted by molar-refractivity contribution is 6.51. The zero-order valence-corrected chi connectivity index (χ0v) is 20.7. The van der Waals surface area contributed by atoms with Gasteiger partial charge in [0.2, 0.25) is 0 Å². The quantitative estimate of drug-likeness (QED) is 0.189. The molecule has 1 amide bonds. The molecule has 1 aliphatic rings. The maximum Gasteiger partial charge on any atom is 0.338 e. The van der Waals surface area contributed by atoms with E-state index in [0.717, 1.165) is 6.42 Å². The van der Waals surface area contributed by atoms with Crippen LogP contribution in [0.25, 0.3) is 5.76 Å². The van der Waals surface area contributed by atoms with Crippen molar-refractivity contribution in [1.82, 2.24) is 4.98 Å². The molecule has 1 atom stereocenters. The molecule has 37 heavy (non-hydrogen) atoms. The SMILES string of the molecule is CCCOC(=O)c1cccc(N2C(=O)C(=O)/C(=C(/O)c3cccc(OCCC)c3)C2c2ccccn2)c1. The Kier molecular flexibility index (Phi) is 7.98. The summed E-state index contributed by atoms with van der Waals surface area (Å²) < 4.78 is 10.9. The van der Waals surface area contributed by atoms with E-state index >= 15 is 0 Å². The normalized spacial score (nSPS) is 16.6. The number of Topliss-reactive ketones (excluding diaryl/α,β-unsaturated/α-hetero) is 1. The Hall–Kier alpha value is -4.46. The third-order valence-corrected chi connectivity index (χ3v) is 5.79. The van der Waals surface area contributed by atoms with Crippen LogP contribution in [-0.4, -0.2) is 41.0 Å². The van der Waals surface area contributed by atoms with Crippen LogP contribution in [0.2, 0.25) is 0 Å². The minimum absolute atomic E-state index is 0.102. The first kappa shape index (κ1) is 25.6. The number of carbonyl (C=O) groups is 3. The van der Waals surface area contributed by atoms with Gasteiger partial charge in [0.25, 0.3) is 11.7 Å². The monoisotopic (exact) mass is 500 g/mol. The minimum atomic E-state index is -1.01. The third-order valence-electron chi connectivity index (χ3n) is 5.79. The van der Waals surface area contributed by atoms with Crippen molar-refractivity contribution in [2.45, 2.75) is 32.7 Å². The molecule has 2 aromatic carbocycles. The summed E-state index contributed by atoms with van der Waals surface area (Å²) in [6, 6.07) is 17.2. The molecule has 1 N–H and O–H groups in total. The molecule has 2 heterocycles. The van der Waals surface area contributed by atoms with Gasteiger partial charge in [-0.05, 0) is 55.3 Å². The van der Waals surface area contributed by atoms with Crippen molar-refractivity contribution in [3.8, 4) is 5.75 Å². The average Bonchev–Trinajstić information content (AvgIpc) is 3.20. The number of esters is 1. The fourth-order valence-electron chi connectivity index (χ4n) is 4.09. The van der Waals surface area contributed by atoms with Crippen LogP contribution >= 0.6 is 0 Å². The first-order valence-corrected chi connectivity index (χ1v) is 12.2. The van der Waals surface area contributed by atoms with E-state index in [1.807, 2.05) is 13.8 Å². The molecule has 0 saturated carbocycles. The molecule has 8 heteroatoms. The Morgan fingerprint density at radius 1 is 0.946 bits per heavy atom. The molecule has 190 valence electrons. The first-order chi connectivity index (χ1) is 18.0. The molecule has 0 bridgehead atoms. The lowest BCUT2D eigenvalue weighted by Gasteiger charge is -2.25. The predicted molar refractivity (Wildman–Crippen MR) is 138 cm³/mol. The molecule has 0 spiro atoms. The number of pyridine rings is 1. The number of rotatable bonds is 9. The van der Waals surface area contributed by atoms with E-state index in [2.05, 4.69) is 4.98 Å². The van der Waals surface area contributed by atoms with Crippen molar-refractivity contribution in [3.05, 3.63) is 95.3 Å². The number of aromatic nitrogens is 1. The molecule has 1 saturated heterocycles. The van der Waals surface area contributed by atoms with Gasteiger partial charge in [0.1, 0.15) is 17.6 Å². The van der Waals surface area contributed by atoms with Gasteiger partial charge in [-0.3, -0.25) is 19.5 Å². The van der Waals surface area contributed by atoms with Gasteiger partial charge in [-0.1, -0.05) is 38.1 Å². The van der Waals surface area contributed by atoms with Crippen molar-refractivity contribution >= 4 is 29.1 Å². The van der Waals surface area contributed by atoms with Crippen molar-refractivity contribution in [2.75, 3.05) is 18.1 Å². The van der Waals surface area contributed by atoms with Crippen LogP contribution in [0.3, 0.4) is 0 Å². The van der Waals surface area contributed by atoms with Gasteiger partial charge in [-0.2, -0.15) is 0 Å². The highest BCUT2D eigenvalue weighted by Crippen LogP contribution is 2.41. The van der Waals surface area contributed by atoms with E-state index in [1.54, 1.807) is 66.9 Å². The number of ether oxygens (including phenoxy) is 2. The highest BCUT2D eigenvalue weighted by atomic mass is 16.5. The molecule has 4 rings (SSSR count). The zero-order chi connectivity index (χ0) is 26.4. The van der Waals surface area contributed by atoms with Gasteiger partial charge in [0.05, 0.1) is 30.0 Å². The van der Waals surface area contributed by atoms with Crippen LogP contribution in [0.5, 0.6) is 5.75 Å². The minimum Gasteiger partial charge on any atom is -0.507 e. The van der Waals surface area contributed by atoms with Crippen LogP contribution in [0.15, 0.2) is 78.5 Å². The van der Waals surface area contributed by atoms with Gasteiger partial charge in [-0.15, -0.1) is 0 Å². The molecule has 0 radical (unpaired) electrons. The Balaban J connectivity index is 1.83. The van der Waals surface area contributed by atoms with E-state index in [0.29, 0.717) is 35.7 Å². The van der Waals surface area contributed by atoms with E-state index in [4.69, 9.17) is 9.47 Å². The van der Waals surface area contributed by atoms with Crippen LogP contribution in [0.1, 0.15) is 54.3 Å². The summed E-state index contributed by atoms with van der Waals surface area (Å²) in [4.78, 5) is 44.8. The van der Waals surface area contributed by atoms with E-state index in [1.165, 1.54) is 11.0 Å². The second-order valence-electron chi connectivity index (χ2n) is 8.49. The second-order valence-corrected chi connectivity index (χ2v) is 8.49. The van der Waals surface area contributed by atoms with Crippen LogP contribution in [-0.2, 0) is 14.3 Å². The molecule has 3 aromatic rings. The van der Waals surface area contributed by atoms with Crippen molar-refractivity contribution < 1.29 is 29.0 Å². The number of hydrogen-bond acceptors (Lipinski definition) is 7. The summed E-state index contributed by atoms with van der Waals surface area (Å²) in [5.41, 5.74) is 1.18. The number of aliphatic hydroxyl groups excluding tert-OH is 1. The summed E-state index contributed by atoms with van der Waals surface area (Å²) in [6.07, 6.45) is 3.03. The van der Waals surface area contributed by atoms with E-state index < -0.39 is 23.7 Å². The lowest BCUT2D eigenvalue weighted by molar-refractivity contribution is -0.132. The van der Waals surface area contributed by atoms with Gasteiger partial charge < -0.3 is 14.6 Å². The lowest BCUT2D eigenvalue weighted by atomic mass is 9.98. The van der Waals surface area contributed by atoms with Gasteiger partial charge in [0.15, 0.2) is 0 Å². The molecule has 1 aromatic heterocycles. The Bertz CT molecular complexity index is 1330. The smallest absolute Gasteiger partial charge is 0.338 e. The Morgan fingerprint density at radius 3 is 2.43 bits per heavy atom. The number of carbonyl (C=O) groups excluding carboxylic acids is 3. The zero-order valence-electron chi connectivity index (χ0n) is 20.7. The van der Waals surface area contributed by atoms with E-state index in [-0.39, 0.29) is 23.5 Å². The Labute approximate surface area is 215 Å². The second kappa shape index (κ2) is 11.5. The number of ketones is 1. The van der Waals surface area contributed by atoms with Crippen molar-refractivity contribution in [1.29, 1.82) is 0 Å². The fraction of sp³-hybridized carbons (Fsp3) is 0.241. The van der Waals surface area contributed by atoms with Crippen LogP contribution in [0.4, 0.5) is 5.69 Å². The lowest BCUT2D eigenvalue weighted by Crippen LogP contribution is -2.30. The van der Waals surface area contributed by atoms with E-state index in [9.17, 15) is 19.5 Å². The summed E-state index contributed by atoms with van der Waals surface area (Å²) in [5, 5.41) is 11.3. The third kappa shape index (κ3) is 5.38. The first-order valence-electron chi connectivity index (χ1n) is 12.2. The maximum atomic E-state index is 13.4. The molecular formula is C29H28N2O6. The number of benzene rings is 2.